The molecule has 1 amide bonds. The second-order valence-corrected chi connectivity index (χ2v) is 7.36. The summed E-state index contributed by atoms with van der Waals surface area (Å²) in [6.45, 7) is 2.55. The first kappa shape index (κ1) is 21.2. The van der Waals surface area contributed by atoms with Crippen LogP contribution in [-0.2, 0) is 13.1 Å². The Bertz CT molecular complexity index is 1180. The molecule has 2 aromatic carbocycles. The highest BCUT2D eigenvalue weighted by Gasteiger charge is 2.21. The van der Waals surface area contributed by atoms with Crippen molar-refractivity contribution in [1.82, 2.24) is 10.1 Å². The van der Waals surface area contributed by atoms with Crippen LogP contribution in [0.3, 0.4) is 0 Å². The first-order valence-corrected chi connectivity index (χ1v) is 10.1. The fourth-order valence-corrected chi connectivity index (χ4v) is 3.38. The highest BCUT2D eigenvalue weighted by molar-refractivity contribution is 5.94. The number of amides is 1. The van der Waals surface area contributed by atoms with Gasteiger partial charge in [0.1, 0.15) is 23.0 Å². The third-order valence-corrected chi connectivity index (χ3v) is 5.10. The van der Waals surface area contributed by atoms with Crippen LogP contribution in [0, 0.1) is 6.92 Å². The number of rotatable bonds is 8. The lowest BCUT2D eigenvalue weighted by Gasteiger charge is -2.20. The zero-order valence-corrected chi connectivity index (χ0v) is 18.2. The standard InChI is InChI=1S/C25H24N2O5/c1-17-6-8-18(9-7-17)25(28)27(16-21-5-4-12-31-21)15-19-13-24(32-26-19)22-14-20(29-2)10-11-23(22)30-3/h4-14H,15-16H2,1-3H3. The van der Waals surface area contributed by atoms with Crippen LogP contribution in [0.5, 0.6) is 11.5 Å². The van der Waals surface area contributed by atoms with E-state index in [1.54, 1.807) is 43.6 Å². The lowest BCUT2D eigenvalue weighted by molar-refractivity contribution is 0.0713. The first-order valence-electron chi connectivity index (χ1n) is 10.1. The largest absolute Gasteiger partial charge is 0.497 e. The second kappa shape index (κ2) is 9.43. The molecule has 2 heterocycles. The summed E-state index contributed by atoms with van der Waals surface area (Å²) in [5.41, 5.74) is 3.01. The Morgan fingerprint density at radius 1 is 1.00 bits per heavy atom. The van der Waals surface area contributed by atoms with Crippen molar-refractivity contribution in [2.45, 2.75) is 20.0 Å². The molecule has 0 saturated carbocycles. The van der Waals surface area contributed by atoms with Crippen LogP contribution in [0.2, 0.25) is 0 Å². The summed E-state index contributed by atoms with van der Waals surface area (Å²) >= 11 is 0. The van der Waals surface area contributed by atoms with Crippen molar-refractivity contribution < 1.29 is 23.2 Å². The predicted molar refractivity (Wildman–Crippen MR) is 119 cm³/mol. The third-order valence-electron chi connectivity index (χ3n) is 5.10. The van der Waals surface area contributed by atoms with Crippen molar-refractivity contribution in [2.75, 3.05) is 14.2 Å². The number of furan rings is 1. The molecule has 0 spiro atoms. The van der Waals surface area contributed by atoms with Gasteiger partial charge in [0, 0.05) is 11.6 Å². The third kappa shape index (κ3) is 4.67. The number of methoxy groups -OCH3 is 2. The van der Waals surface area contributed by atoms with Gasteiger partial charge in [0.15, 0.2) is 5.76 Å². The van der Waals surface area contributed by atoms with Gasteiger partial charge in [0.25, 0.3) is 5.91 Å². The molecule has 0 radical (unpaired) electrons. The molecule has 0 atom stereocenters. The van der Waals surface area contributed by atoms with Gasteiger partial charge in [-0.05, 0) is 49.4 Å². The smallest absolute Gasteiger partial charge is 0.254 e. The molecular weight excluding hydrogens is 408 g/mol. The quantitative estimate of drug-likeness (QED) is 0.385. The summed E-state index contributed by atoms with van der Waals surface area (Å²) < 4.78 is 21.8. The summed E-state index contributed by atoms with van der Waals surface area (Å²) in [5.74, 6) is 2.40. The van der Waals surface area contributed by atoms with Crippen LogP contribution >= 0.6 is 0 Å². The number of carbonyl (C=O) groups is 1. The van der Waals surface area contributed by atoms with Crippen LogP contribution in [-0.4, -0.2) is 30.2 Å². The minimum atomic E-state index is -0.120. The molecule has 7 nitrogen and oxygen atoms in total. The Kier molecular flexibility index (Phi) is 6.26. The molecule has 32 heavy (non-hydrogen) atoms. The average Bonchev–Trinajstić information content (AvgIpc) is 3.50. The van der Waals surface area contributed by atoms with E-state index >= 15 is 0 Å². The lowest BCUT2D eigenvalue weighted by atomic mass is 10.1. The fraction of sp³-hybridized carbons (Fsp3) is 0.200. The van der Waals surface area contributed by atoms with E-state index in [4.69, 9.17) is 18.4 Å². The van der Waals surface area contributed by atoms with Gasteiger partial charge in [-0.25, -0.2) is 0 Å². The van der Waals surface area contributed by atoms with E-state index in [0.717, 1.165) is 5.56 Å². The molecule has 0 aliphatic carbocycles. The summed E-state index contributed by atoms with van der Waals surface area (Å²) in [6.07, 6.45) is 1.59. The molecule has 0 unspecified atom stereocenters. The normalized spacial score (nSPS) is 10.7. The zero-order chi connectivity index (χ0) is 22.5. The summed E-state index contributed by atoms with van der Waals surface area (Å²) in [6, 6.07) is 18.4. The van der Waals surface area contributed by atoms with E-state index < -0.39 is 0 Å². The maximum absolute atomic E-state index is 13.2. The Morgan fingerprint density at radius 3 is 2.50 bits per heavy atom. The summed E-state index contributed by atoms with van der Waals surface area (Å²) in [5, 5.41) is 4.19. The maximum Gasteiger partial charge on any atom is 0.254 e. The number of carbonyl (C=O) groups excluding carboxylic acids is 1. The number of nitrogens with zero attached hydrogens (tertiary/aromatic N) is 2. The van der Waals surface area contributed by atoms with Gasteiger partial charge in [-0.15, -0.1) is 0 Å². The van der Waals surface area contributed by atoms with Crippen molar-refractivity contribution in [3.8, 4) is 22.8 Å². The Balaban J connectivity index is 1.61. The van der Waals surface area contributed by atoms with Gasteiger partial charge in [-0.1, -0.05) is 22.9 Å². The van der Waals surface area contributed by atoms with E-state index in [1.807, 2.05) is 49.4 Å². The molecule has 2 aromatic heterocycles. The van der Waals surface area contributed by atoms with Gasteiger partial charge in [-0.3, -0.25) is 4.79 Å². The van der Waals surface area contributed by atoms with Crippen LogP contribution in [0.15, 0.2) is 75.9 Å². The van der Waals surface area contributed by atoms with Crippen molar-refractivity contribution >= 4 is 5.91 Å². The number of ether oxygens (including phenoxy) is 2. The highest BCUT2D eigenvalue weighted by atomic mass is 16.5. The maximum atomic E-state index is 13.2. The molecule has 0 aliphatic rings. The SMILES string of the molecule is COc1ccc(OC)c(-c2cc(CN(Cc3ccco3)C(=O)c3ccc(C)cc3)no2)c1. The van der Waals surface area contributed by atoms with Crippen LogP contribution in [0.25, 0.3) is 11.3 Å². The molecule has 164 valence electrons. The van der Waals surface area contributed by atoms with Gasteiger partial charge >= 0.3 is 0 Å². The first-order chi connectivity index (χ1) is 15.6. The van der Waals surface area contributed by atoms with E-state index in [-0.39, 0.29) is 12.5 Å². The monoisotopic (exact) mass is 432 g/mol. The van der Waals surface area contributed by atoms with Crippen molar-refractivity contribution in [3.63, 3.8) is 0 Å². The molecule has 0 bridgehead atoms. The summed E-state index contributed by atoms with van der Waals surface area (Å²) in [7, 11) is 3.19. The van der Waals surface area contributed by atoms with Crippen molar-refractivity contribution in [1.29, 1.82) is 0 Å². The van der Waals surface area contributed by atoms with Gasteiger partial charge in [0.2, 0.25) is 0 Å². The van der Waals surface area contributed by atoms with Gasteiger partial charge < -0.3 is 23.3 Å². The van der Waals surface area contributed by atoms with Gasteiger partial charge in [0.05, 0.1) is 39.1 Å². The number of benzene rings is 2. The van der Waals surface area contributed by atoms with Crippen LogP contribution in [0.1, 0.15) is 27.4 Å². The zero-order valence-electron chi connectivity index (χ0n) is 18.2. The predicted octanol–water partition coefficient (Wildman–Crippen LogP) is 5.10. The fourth-order valence-electron chi connectivity index (χ4n) is 3.38. The molecule has 7 heteroatoms. The molecule has 0 aliphatic heterocycles. The number of hydrogen-bond donors (Lipinski definition) is 0. The molecular formula is C25H24N2O5. The van der Waals surface area contributed by atoms with Crippen molar-refractivity contribution in [2.24, 2.45) is 0 Å². The van der Waals surface area contributed by atoms with E-state index in [2.05, 4.69) is 5.16 Å². The summed E-state index contributed by atoms with van der Waals surface area (Å²) in [4.78, 5) is 14.9. The average molecular weight is 432 g/mol. The molecule has 0 N–H and O–H groups in total. The Morgan fingerprint density at radius 2 is 1.81 bits per heavy atom. The Hall–Kier alpha value is -4.00. The molecule has 4 rings (SSSR count). The Labute approximate surface area is 186 Å². The highest BCUT2D eigenvalue weighted by Crippen LogP contribution is 2.34. The molecule has 4 aromatic rings. The second-order valence-electron chi connectivity index (χ2n) is 7.36. The van der Waals surface area contributed by atoms with Crippen LogP contribution in [0.4, 0.5) is 0 Å². The van der Waals surface area contributed by atoms with E-state index in [1.165, 1.54) is 0 Å². The van der Waals surface area contributed by atoms with Crippen molar-refractivity contribution in [3.05, 3.63) is 89.5 Å². The van der Waals surface area contributed by atoms with Crippen LogP contribution < -0.4 is 9.47 Å². The lowest BCUT2D eigenvalue weighted by Crippen LogP contribution is -2.30. The number of aromatic nitrogens is 1. The van der Waals surface area contributed by atoms with E-state index in [0.29, 0.717) is 46.4 Å². The molecule has 0 fully saturated rings. The topological polar surface area (TPSA) is 77.9 Å². The van der Waals surface area contributed by atoms with Gasteiger partial charge in [-0.2, -0.15) is 0 Å². The van der Waals surface area contributed by atoms with E-state index in [9.17, 15) is 4.79 Å². The molecule has 0 saturated heterocycles. The number of aryl methyl sites for hydroxylation is 1. The minimum Gasteiger partial charge on any atom is -0.497 e. The number of hydrogen-bond acceptors (Lipinski definition) is 6. The minimum absolute atomic E-state index is 0.120.